The van der Waals surface area contributed by atoms with Crippen molar-refractivity contribution in [3.63, 3.8) is 0 Å². The van der Waals surface area contributed by atoms with Crippen LogP contribution in [0.15, 0.2) is 34.4 Å². The molecule has 1 N–H and O–H groups in total. The van der Waals surface area contributed by atoms with E-state index < -0.39 is 16.7 Å². The minimum absolute atomic E-state index is 0.0555. The monoisotopic (exact) mass is 368 g/mol. The summed E-state index contributed by atoms with van der Waals surface area (Å²) >= 11 is 6.87. The van der Waals surface area contributed by atoms with Crippen molar-refractivity contribution in [2.24, 2.45) is 5.10 Å². The van der Waals surface area contributed by atoms with Gasteiger partial charge in [0.05, 0.1) is 17.7 Å². The molecule has 0 saturated carbocycles. The smallest absolute Gasteiger partial charge is 0.326 e. The minimum atomic E-state index is -0.561. The van der Waals surface area contributed by atoms with Gasteiger partial charge in [0, 0.05) is 18.0 Å². The molecule has 0 aliphatic heterocycles. The molecule has 0 fully saturated rings. The summed E-state index contributed by atoms with van der Waals surface area (Å²) in [7, 11) is 0. The van der Waals surface area contributed by atoms with Crippen molar-refractivity contribution >= 4 is 41.0 Å². The van der Waals surface area contributed by atoms with Gasteiger partial charge in [-0.25, -0.2) is 5.43 Å². The van der Waals surface area contributed by atoms with Crippen molar-refractivity contribution in [1.29, 1.82) is 0 Å². The summed E-state index contributed by atoms with van der Waals surface area (Å²) in [6.07, 6.45) is 4.21. The summed E-state index contributed by atoms with van der Waals surface area (Å²) in [6, 6.07) is 3.07. The van der Waals surface area contributed by atoms with Crippen LogP contribution in [0.25, 0.3) is 0 Å². The number of hydrogen-bond acceptors (Lipinski definition) is 7. The molecule has 126 valence electrons. The second-order valence-electron chi connectivity index (χ2n) is 4.35. The van der Waals surface area contributed by atoms with Gasteiger partial charge in [0.1, 0.15) is 11.7 Å². The molecule has 24 heavy (non-hydrogen) atoms. The van der Waals surface area contributed by atoms with Crippen LogP contribution in [0.3, 0.4) is 0 Å². The molecule has 0 bridgehead atoms. The number of carbonyl (C=O) groups excluding carboxylic acids is 2. The normalized spacial score (nSPS) is 10.8. The van der Waals surface area contributed by atoms with Gasteiger partial charge in [-0.2, -0.15) is 5.10 Å². The van der Waals surface area contributed by atoms with Crippen molar-refractivity contribution < 1.29 is 14.3 Å². The van der Waals surface area contributed by atoms with Gasteiger partial charge in [0.2, 0.25) is 0 Å². The van der Waals surface area contributed by atoms with E-state index in [0.717, 1.165) is 15.9 Å². The molecule has 8 nitrogen and oxygen atoms in total. The Balaban J connectivity index is 2.06. The Kier molecular flexibility index (Phi) is 6.21. The quantitative estimate of drug-likeness (QED) is 0.470. The number of aromatic nitrogens is 2. The average Bonchev–Trinajstić information content (AvgIpc) is 2.83. The maximum atomic E-state index is 11.9. The molecule has 0 aromatic carbocycles. The molecule has 2 aromatic rings. The molecular weight excluding hydrogens is 356 g/mol. The van der Waals surface area contributed by atoms with Crippen molar-refractivity contribution in [2.75, 3.05) is 6.61 Å². The molecule has 0 spiro atoms. The Morgan fingerprint density at radius 3 is 2.83 bits per heavy atom. The highest BCUT2D eigenvalue weighted by molar-refractivity contribution is 7.11. The third-order valence-corrected chi connectivity index (χ3v) is 4.17. The lowest BCUT2D eigenvalue weighted by molar-refractivity contribution is -0.143. The van der Waals surface area contributed by atoms with E-state index >= 15 is 0 Å². The first-order valence-corrected chi connectivity index (χ1v) is 8.00. The molecular formula is C14H13ClN4O4S. The Hall–Kier alpha value is -2.52. The summed E-state index contributed by atoms with van der Waals surface area (Å²) in [4.78, 5) is 38.8. The summed E-state index contributed by atoms with van der Waals surface area (Å²) in [5.74, 6) is -0.989. The summed E-state index contributed by atoms with van der Waals surface area (Å²) in [6.45, 7) is 1.60. The van der Waals surface area contributed by atoms with Crippen LogP contribution >= 0.6 is 22.9 Å². The highest BCUT2D eigenvalue weighted by atomic mass is 35.5. The standard InChI is InChI=1S/C14H13ClN4O4S/c1-2-23-11(20)8-19-12(15)10(24-14(19)22)7-17-18-13(21)9-3-5-16-6-4-9/h3-7H,2,8H2,1H3,(H,18,21). The maximum Gasteiger partial charge on any atom is 0.326 e. The Bertz CT molecular complexity index is 816. The summed E-state index contributed by atoms with van der Waals surface area (Å²) in [5.41, 5.74) is 2.70. The van der Waals surface area contributed by atoms with E-state index in [2.05, 4.69) is 15.5 Å². The van der Waals surface area contributed by atoms with Gasteiger partial charge in [-0.15, -0.1) is 0 Å². The average molecular weight is 369 g/mol. The number of nitrogens with one attached hydrogen (secondary N) is 1. The molecule has 2 heterocycles. The zero-order valence-corrected chi connectivity index (χ0v) is 14.1. The molecule has 2 rings (SSSR count). The van der Waals surface area contributed by atoms with Crippen LogP contribution in [0.4, 0.5) is 0 Å². The zero-order chi connectivity index (χ0) is 17.5. The Labute approximate surface area is 145 Å². The maximum absolute atomic E-state index is 11.9. The molecule has 0 aliphatic rings. The van der Waals surface area contributed by atoms with Crippen LogP contribution in [0.2, 0.25) is 5.15 Å². The summed E-state index contributed by atoms with van der Waals surface area (Å²) in [5, 5.41) is 3.82. The minimum Gasteiger partial charge on any atom is -0.465 e. The first-order valence-electron chi connectivity index (χ1n) is 6.81. The summed E-state index contributed by atoms with van der Waals surface area (Å²) < 4.78 is 5.86. The van der Waals surface area contributed by atoms with E-state index in [0.29, 0.717) is 10.4 Å². The lowest BCUT2D eigenvalue weighted by Gasteiger charge is -2.03. The predicted molar refractivity (Wildman–Crippen MR) is 89.5 cm³/mol. The Morgan fingerprint density at radius 2 is 2.17 bits per heavy atom. The van der Waals surface area contributed by atoms with Gasteiger partial charge in [0.15, 0.2) is 0 Å². The van der Waals surface area contributed by atoms with E-state index in [4.69, 9.17) is 16.3 Å². The predicted octanol–water partition coefficient (Wildman–Crippen LogP) is 1.29. The molecule has 0 atom stereocenters. The number of esters is 1. The second kappa shape index (κ2) is 8.37. The number of ether oxygens (including phenoxy) is 1. The molecule has 2 aromatic heterocycles. The number of pyridine rings is 1. The highest BCUT2D eigenvalue weighted by Gasteiger charge is 2.15. The number of carbonyl (C=O) groups is 2. The van der Waals surface area contributed by atoms with Crippen molar-refractivity contribution in [2.45, 2.75) is 13.5 Å². The van der Waals surface area contributed by atoms with Crippen LogP contribution in [-0.4, -0.2) is 34.2 Å². The van der Waals surface area contributed by atoms with Gasteiger partial charge in [-0.05, 0) is 19.1 Å². The lowest BCUT2D eigenvalue weighted by Crippen LogP contribution is -2.21. The fourth-order valence-corrected chi connectivity index (χ4v) is 2.78. The molecule has 0 radical (unpaired) electrons. The fourth-order valence-electron chi connectivity index (χ4n) is 1.67. The van der Waals surface area contributed by atoms with Crippen LogP contribution < -0.4 is 10.3 Å². The molecule has 0 unspecified atom stereocenters. The Morgan fingerprint density at radius 1 is 1.46 bits per heavy atom. The van der Waals surface area contributed by atoms with Crippen molar-refractivity contribution in [1.82, 2.24) is 15.0 Å². The van der Waals surface area contributed by atoms with Gasteiger partial charge >= 0.3 is 10.8 Å². The molecule has 10 heteroatoms. The SMILES string of the molecule is CCOC(=O)Cn1c(Cl)c(C=NNC(=O)c2ccncc2)sc1=O. The van der Waals surface area contributed by atoms with E-state index in [9.17, 15) is 14.4 Å². The molecule has 0 aliphatic carbocycles. The topological polar surface area (TPSA) is 103 Å². The van der Waals surface area contributed by atoms with Gasteiger partial charge in [0.25, 0.3) is 5.91 Å². The number of rotatable bonds is 6. The zero-order valence-electron chi connectivity index (χ0n) is 12.6. The van der Waals surface area contributed by atoms with Gasteiger partial charge < -0.3 is 4.74 Å². The number of nitrogens with zero attached hydrogens (tertiary/aromatic N) is 3. The second-order valence-corrected chi connectivity index (χ2v) is 5.70. The number of hydrazone groups is 1. The number of amides is 1. The number of hydrogen-bond donors (Lipinski definition) is 1. The van der Waals surface area contributed by atoms with Crippen molar-refractivity contribution in [3.05, 3.63) is 49.8 Å². The molecule has 0 saturated heterocycles. The van der Waals surface area contributed by atoms with E-state index in [1.54, 1.807) is 6.92 Å². The van der Waals surface area contributed by atoms with Crippen LogP contribution in [-0.2, 0) is 16.1 Å². The van der Waals surface area contributed by atoms with E-state index in [-0.39, 0.29) is 18.3 Å². The van der Waals surface area contributed by atoms with Crippen LogP contribution in [0, 0.1) is 0 Å². The van der Waals surface area contributed by atoms with Crippen LogP contribution in [0.5, 0.6) is 0 Å². The third-order valence-electron chi connectivity index (χ3n) is 2.74. The fraction of sp³-hybridized carbons (Fsp3) is 0.214. The molecule has 1 amide bonds. The number of thiazole rings is 1. The number of halogens is 1. The highest BCUT2D eigenvalue weighted by Crippen LogP contribution is 2.16. The van der Waals surface area contributed by atoms with E-state index in [1.807, 2.05) is 0 Å². The first-order chi connectivity index (χ1) is 11.5. The van der Waals surface area contributed by atoms with Gasteiger partial charge in [-0.1, -0.05) is 22.9 Å². The van der Waals surface area contributed by atoms with Gasteiger partial charge in [-0.3, -0.25) is 23.9 Å². The van der Waals surface area contributed by atoms with Crippen LogP contribution in [0.1, 0.15) is 22.2 Å². The lowest BCUT2D eigenvalue weighted by atomic mass is 10.3. The first kappa shape index (κ1) is 17.8. The van der Waals surface area contributed by atoms with Crippen molar-refractivity contribution in [3.8, 4) is 0 Å². The third kappa shape index (κ3) is 4.49. The van der Waals surface area contributed by atoms with E-state index in [1.165, 1.54) is 30.7 Å². The largest absolute Gasteiger partial charge is 0.465 e.